The van der Waals surface area contributed by atoms with E-state index in [0.29, 0.717) is 12.8 Å². The summed E-state index contributed by atoms with van der Waals surface area (Å²) in [4.78, 5) is 204. The number of hydrogen-bond donors (Lipinski definition) is 25. The number of aromatic hydroxyl groups is 3. The molecule has 3 aromatic carbocycles. The summed E-state index contributed by atoms with van der Waals surface area (Å²) in [6.45, 7) is -0.497. The Morgan fingerprint density at radius 2 is 1.11 bits per heavy atom. The van der Waals surface area contributed by atoms with Gasteiger partial charge in [-0.05, 0) is 75.8 Å². The van der Waals surface area contributed by atoms with Crippen LogP contribution in [0.25, 0.3) is 0 Å². The van der Waals surface area contributed by atoms with Gasteiger partial charge in [0.1, 0.15) is 95.7 Å². The first kappa shape index (κ1) is 93.9. The van der Waals surface area contributed by atoms with Crippen LogP contribution < -0.4 is 80.8 Å². The molecule has 3 aromatic rings. The van der Waals surface area contributed by atoms with Crippen molar-refractivity contribution in [3.63, 3.8) is 0 Å². The quantitative estimate of drug-likeness (QED) is 0.0145. The molecule has 6 rings (SSSR count). The van der Waals surface area contributed by atoms with Crippen LogP contribution in [0.3, 0.4) is 0 Å². The van der Waals surface area contributed by atoms with E-state index in [1.54, 1.807) is 13.8 Å². The minimum Gasteiger partial charge on any atom is -0.508 e. The second-order valence-corrected chi connectivity index (χ2v) is 28.3. The highest BCUT2D eigenvalue weighted by molar-refractivity contribution is 6.31. The number of carbonyl (C=O) groups excluding carboxylic acids is 15. The molecule has 12 amide bonds. The maximum absolute atomic E-state index is 14.4. The first-order chi connectivity index (χ1) is 54.8. The number of carbonyl (C=O) groups is 15. The van der Waals surface area contributed by atoms with Crippen LogP contribution in [0.4, 0.5) is 0 Å². The smallest absolute Gasteiger partial charge is 0.245 e. The van der Waals surface area contributed by atoms with Gasteiger partial charge in [0, 0.05) is 48.8 Å². The molecule has 0 saturated carbocycles. The lowest BCUT2D eigenvalue weighted by atomic mass is 9.72. The Kier molecular flexibility index (Phi) is 34.5. The Bertz CT molecular complexity index is 4130. The third kappa shape index (κ3) is 23.6. The Morgan fingerprint density at radius 3 is 1.64 bits per heavy atom. The van der Waals surface area contributed by atoms with Crippen LogP contribution in [0.15, 0.2) is 42.5 Å². The summed E-state index contributed by atoms with van der Waals surface area (Å²) in [5.41, 5.74) is 17.0. The van der Waals surface area contributed by atoms with E-state index in [0.717, 1.165) is 6.92 Å². The fourth-order valence-electron chi connectivity index (χ4n) is 13.1. The van der Waals surface area contributed by atoms with E-state index in [1.165, 1.54) is 56.5 Å². The molecule has 1 aliphatic heterocycles. The van der Waals surface area contributed by atoms with Gasteiger partial charge in [-0.2, -0.15) is 0 Å². The van der Waals surface area contributed by atoms with Gasteiger partial charge in [0.2, 0.25) is 76.7 Å². The van der Waals surface area contributed by atoms with Gasteiger partial charge in [-0.15, -0.1) is 0 Å². The van der Waals surface area contributed by atoms with Crippen molar-refractivity contribution < 1.29 is 142 Å². The minimum absolute atomic E-state index is 0.00665. The van der Waals surface area contributed by atoms with Crippen LogP contribution in [0.5, 0.6) is 23.0 Å². The monoisotopic (exact) mass is 1640 g/mol. The van der Waals surface area contributed by atoms with Gasteiger partial charge in [-0.3, -0.25) is 71.9 Å². The first-order valence-corrected chi connectivity index (χ1v) is 37.0. The van der Waals surface area contributed by atoms with E-state index in [4.69, 9.17) is 37.1 Å². The number of nitrogens with one attached hydrogen (secondary N) is 10. The second kappa shape index (κ2) is 42.6. The van der Waals surface area contributed by atoms with Crippen molar-refractivity contribution in [2.24, 2.45) is 28.9 Å². The van der Waals surface area contributed by atoms with E-state index in [1.807, 2.05) is 10.6 Å². The summed E-state index contributed by atoms with van der Waals surface area (Å²) >= 11 is 0. The number of rotatable bonds is 43. The number of phenolic OH excluding ortho intramolecular Hbond substituents is 3. The molecule has 18 atom stereocenters. The van der Waals surface area contributed by atoms with Crippen LogP contribution in [0.1, 0.15) is 140 Å². The van der Waals surface area contributed by atoms with Gasteiger partial charge in [0.05, 0.1) is 87.0 Å². The molecule has 43 heteroatoms. The Hall–Kier alpha value is -11.0. The number of aliphatic hydroxyl groups is 8. The highest BCUT2D eigenvalue weighted by Crippen LogP contribution is 2.53. The van der Waals surface area contributed by atoms with Crippen LogP contribution in [-0.2, 0) is 84.6 Å². The molecule has 1 saturated heterocycles. The van der Waals surface area contributed by atoms with Crippen LogP contribution in [-0.4, -0.2) is 288 Å². The zero-order valence-corrected chi connectivity index (χ0v) is 64.0. The number of fused-ring (bicyclic) bond motifs is 3. The maximum atomic E-state index is 14.4. The molecule has 0 radical (unpaired) electrons. The fourth-order valence-corrected chi connectivity index (χ4v) is 13.1. The SMILES string of the molecule is CC[C@H](C)[C@H](NC(=O)[C@H](CCCCN)NC(=O)[C@@H](N)CC(N)=O)C(=O)N[C@@H](CO)C(=O)N[C@@H](Cc1ccc(O)cc1)C(=O)N[C@@H](CCC(N)=O)C(=O)N[C@@H](CO)C(=O)N[C@@H](CO)C(=O)N[C@@H](CO)C(=O)N[C@H](C(=O)N[C@H]1C[C@@H](O[C@H]2C[C@](O)(C(=O)CO)Cc3c(O)c4c(c(O)c32)C(=O)c2c(OC)cccc2C4=O)O[C@@H](C)[C@H]1O)[C@@H](C)O. The van der Waals surface area contributed by atoms with Crippen LogP contribution in [0.2, 0.25) is 0 Å². The van der Waals surface area contributed by atoms with Crippen molar-refractivity contribution in [1.82, 2.24) is 53.2 Å². The number of aliphatic hydroxyl groups excluding tert-OH is 7. The van der Waals surface area contributed by atoms with E-state index in [9.17, 15) is 128 Å². The molecule has 0 unspecified atom stereocenters. The molecule has 29 N–H and O–H groups in total. The second-order valence-electron chi connectivity index (χ2n) is 28.3. The molecule has 638 valence electrons. The van der Waals surface area contributed by atoms with Gasteiger partial charge in [-0.1, -0.05) is 44.5 Å². The number of ketones is 3. The lowest BCUT2D eigenvalue weighted by molar-refractivity contribution is -0.249. The number of amides is 12. The summed E-state index contributed by atoms with van der Waals surface area (Å²) in [7, 11) is 1.22. The fraction of sp³-hybridized carbons (Fsp3) is 0.548. The van der Waals surface area contributed by atoms with Crippen LogP contribution >= 0.6 is 0 Å². The maximum Gasteiger partial charge on any atom is 0.245 e. The number of nitrogens with two attached hydrogens (primary N) is 4. The largest absolute Gasteiger partial charge is 0.508 e. The lowest BCUT2D eigenvalue weighted by Gasteiger charge is -2.43. The van der Waals surface area contributed by atoms with Crippen molar-refractivity contribution in [3.05, 3.63) is 81.4 Å². The van der Waals surface area contributed by atoms with E-state index < -0.39 is 309 Å². The van der Waals surface area contributed by atoms with Crippen molar-refractivity contribution in [3.8, 4) is 23.0 Å². The zero-order valence-electron chi connectivity index (χ0n) is 64.0. The van der Waals surface area contributed by atoms with Crippen molar-refractivity contribution in [2.45, 2.75) is 201 Å². The number of primary amides is 2. The minimum atomic E-state index is -2.57. The lowest BCUT2D eigenvalue weighted by Crippen LogP contribution is -2.63. The Labute approximate surface area is 662 Å². The molecule has 43 nitrogen and oxygen atoms in total. The molecule has 2 aliphatic carbocycles. The molecule has 116 heavy (non-hydrogen) atoms. The molecule has 3 aliphatic rings. The molecule has 0 spiro atoms. The Morgan fingerprint density at radius 1 is 0.612 bits per heavy atom. The summed E-state index contributed by atoms with van der Waals surface area (Å²) in [6, 6.07) is -10.4. The number of methoxy groups -OCH3 is 1. The predicted octanol–water partition coefficient (Wildman–Crippen LogP) is -9.54. The number of Topliss-reactive ketones (excluding diaryl/α,β-unsaturated/α-hetero) is 1. The Balaban J connectivity index is 1.13. The number of ether oxygens (including phenoxy) is 3. The van der Waals surface area contributed by atoms with Crippen molar-refractivity contribution >= 4 is 88.2 Å². The van der Waals surface area contributed by atoms with E-state index in [2.05, 4.69) is 42.5 Å². The standard InChI is InChI=1S/C73H102N14O29/c1-6-30(2)56(86-65(105)38(11-7-8-19-74)78-63(103)37(75)21-50(77)97)71(111)85-44(27-90)67(107)81-41(20-33-13-15-34(94)16-14-33)66(106)79-39(17-18-49(76)96)64(104)82-42(25-88)68(108)83-43(26-89)69(109)84-45(28-91)70(110)87-57(31(3)93)72(112)80-40-22-51(115-32(4)58(40)98)116-47-24-73(113,48(95)29-92)23-36-53(47)62(102)55-54(60(36)100)59(99)35-10-9-12-46(114-5)52(35)61(55)101/h9-10,12-16,30-32,37-45,47,51,56-58,88-94,98,100,102,113H,6-8,11,17-29,74-75H2,1-5H3,(H2,76,96)(H2,77,97)(H,78,103)(H,79,106)(H,80,112)(H,81,107)(H,82,104)(H,83,108)(H,84,109)(H,85,111)(H,86,105)(H,87,110)/t30-,31+,32-,37-,38-,39-,40-,41-,42-,43-,44-,45-,47-,51+,56-,57-,58+,73-/m0/s1. The summed E-state index contributed by atoms with van der Waals surface area (Å²) in [6.07, 6.45) is -11.7. The topological polar surface area (TPSA) is 731 Å². The number of hydrogen-bond acceptors (Lipinski definition) is 31. The summed E-state index contributed by atoms with van der Waals surface area (Å²) in [5.74, 6) is -20.0. The highest BCUT2D eigenvalue weighted by atomic mass is 16.7. The number of benzene rings is 3. The first-order valence-electron chi connectivity index (χ1n) is 37.0. The molecule has 0 aromatic heterocycles. The molecule has 1 heterocycles. The normalized spacial score (nSPS) is 20.6. The zero-order chi connectivity index (χ0) is 86.5. The average Bonchev–Trinajstić information content (AvgIpc) is 0.709. The number of phenols is 3. The van der Waals surface area contributed by atoms with Crippen molar-refractivity contribution in [1.29, 1.82) is 0 Å². The van der Waals surface area contributed by atoms with Gasteiger partial charge >= 0.3 is 0 Å². The predicted molar refractivity (Wildman–Crippen MR) is 397 cm³/mol. The van der Waals surface area contributed by atoms with Crippen LogP contribution in [0, 0.1) is 5.92 Å². The van der Waals surface area contributed by atoms with Gasteiger partial charge in [-0.25, -0.2) is 0 Å². The molecular formula is C73H102N14O29. The molecular weight excluding hydrogens is 1540 g/mol. The van der Waals surface area contributed by atoms with Crippen molar-refractivity contribution in [2.75, 3.05) is 46.7 Å². The van der Waals surface area contributed by atoms with Gasteiger partial charge in [0.25, 0.3) is 0 Å². The molecule has 1 fully saturated rings. The third-order valence-electron chi connectivity index (χ3n) is 19.9. The number of unbranched alkanes of at least 4 members (excludes halogenated alkanes) is 1. The van der Waals surface area contributed by atoms with E-state index >= 15 is 0 Å². The summed E-state index contributed by atoms with van der Waals surface area (Å²) < 4.78 is 17.5. The van der Waals surface area contributed by atoms with E-state index in [-0.39, 0.29) is 47.6 Å². The average molecular weight is 1640 g/mol. The third-order valence-corrected chi connectivity index (χ3v) is 19.9. The van der Waals surface area contributed by atoms with Gasteiger partial charge < -0.3 is 146 Å². The van der Waals surface area contributed by atoms with Gasteiger partial charge in [0.15, 0.2) is 17.9 Å². The highest BCUT2D eigenvalue weighted by Gasteiger charge is 2.51. The molecule has 0 bridgehead atoms. The summed E-state index contributed by atoms with van der Waals surface area (Å²) in [5, 5.41) is 142.